The number of hydrogen-bond donors (Lipinski definition) is 0. The average Bonchev–Trinajstić information content (AvgIpc) is 2.80. The molecule has 0 radical (unpaired) electrons. The minimum Gasteiger partial charge on any atom is -0.465 e. The maximum absolute atomic E-state index is 13.3. The molecule has 0 spiro atoms. The molecule has 7 nitrogen and oxygen atoms in total. The van der Waals surface area contributed by atoms with Crippen LogP contribution in [-0.2, 0) is 16.1 Å². The standard InChI is InChI=1S/C24H33N3O4S/c1-15(2)14-27-22(29)19-12-11-17(23(30)31-5)13-20(19)25-24(27)32-16(3)21(28)26(4)18-9-7-6-8-10-18/h11-13,15-16,18H,6-10,14H2,1-5H3. The highest BCUT2D eigenvalue weighted by Crippen LogP contribution is 2.28. The van der Waals surface area contributed by atoms with Crippen molar-refractivity contribution in [1.29, 1.82) is 0 Å². The van der Waals surface area contributed by atoms with E-state index in [0.717, 1.165) is 25.7 Å². The quantitative estimate of drug-likeness (QED) is 0.352. The average molecular weight is 460 g/mol. The molecule has 1 unspecified atom stereocenters. The van der Waals surface area contributed by atoms with Crippen molar-refractivity contribution >= 4 is 34.5 Å². The molecule has 174 valence electrons. The predicted molar refractivity (Wildman–Crippen MR) is 127 cm³/mol. The Hall–Kier alpha value is -2.35. The Bertz CT molecular complexity index is 1040. The third-order valence-electron chi connectivity index (χ3n) is 5.99. The van der Waals surface area contributed by atoms with Gasteiger partial charge in [0.1, 0.15) is 0 Å². The maximum Gasteiger partial charge on any atom is 0.337 e. The maximum atomic E-state index is 13.3. The number of esters is 1. The molecule has 0 saturated heterocycles. The lowest BCUT2D eigenvalue weighted by Gasteiger charge is -2.32. The first-order valence-corrected chi connectivity index (χ1v) is 12.2. The van der Waals surface area contributed by atoms with Crippen molar-refractivity contribution in [2.45, 2.75) is 75.9 Å². The normalized spacial score (nSPS) is 15.7. The molecule has 1 aromatic carbocycles. The molecule has 32 heavy (non-hydrogen) atoms. The summed E-state index contributed by atoms with van der Waals surface area (Å²) < 4.78 is 6.45. The summed E-state index contributed by atoms with van der Waals surface area (Å²) in [6, 6.07) is 5.06. The van der Waals surface area contributed by atoms with Crippen LogP contribution in [0.3, 0.4) is 0 Å². The van der Waals surface area contributed by atoms with Crippen molar-refractivity contribution in [3.05, 3.63) is 34.1 Å². The number of amides is 1. The molecular weight excluding hydrogens is 426 g/mol. The smallest absolute Gasteiger partial charge is 0.337 e. The Balaban J connectivity index is 1.95. The zero-order chi connectivity index (χ0) is 23.4. The van der Waals surface area contributed by atoms with Gasteiger partial charge in [0.2, 0.25) is 5.91 Å². The predicted octanol–water partition coefficient (Wildman–Crippen LogP) is 4.11. The molecule has 1 heterocycles. The highest BCUT2D eigenvalue weighted by atomic mass is 32.2. The number of rotatable bonds is 7. The number of nitrogens with zero attached hydrogens (tertiary/aromatic N) is 3. The van der Waals surface area contributed by atoms with Crippen molar-refractivity contribution in [3.8, 4) is 0 Å². The van der Waals surface area contributed by atoms with Gasteiger partial charge in [-0.2, -0.15) is 0 Å². The summed E-state index contributed by atoms with van der Waals surface area (Å²) in [5, 5.41) is 0.561. The molecule has 8 heteroatoms. The number of carbonyl (C=O) groups is 2. The summed E-state index contributed by atoms with van der Waals surface area (Å²) in [6.45, 7) is 6.45. The first-order valence-electron chi connectivity index (χ1n) is 11.3. The lowest BCUT2D eigenvalue weighted by molar-refractivity contribution is -0.131. The van der Waals surface area contributed by atoms with Gasteiger partial charge in [0.25, 0.3) is 5.56 Å². The van der Waals surface area contributed by atoms with Crippen LogP contribution in [0, 0.1) is 5.92 Å². The summed E-state index contributed by atoms with van der Waals surface area (Å²) in [6.07, 6.45) is 5.64. The second-order valence-electron chi connectivity index (χ2n) is 8.93. The Morgan fingerprint density at radius 1 is 1.22 bits per heavy atom. The second-order valence-corrected chi connectivity index (χ2v) is 10.2. The van der Waals surface area contributed by atoms with Crippen LogP contribution >= 0.6 is 11.8 Å². The number of benzene rings is 1. The van der Waals surface area contributed by atoms with E-state index >= 15 is 0 Å². The van der Waals surface area contributed by atoms with E-state index in [9.17, 15) is 14.4 Å². The Labute approximate surface area is 193 Å². The lowest BCUT2D eigenvalue weighted by atomic mass is 9.94. The van der Waals surface area contributed by atoms with E-state index in [0.29, 0.717) is 28.2 Å². The first kappa shape index (κ1) is 24.3. The molecule has 1 aromatic heterocycles. The minimum absolute atomic E-state index is 0.0515. The first-order chi connectivity index (χ1) is 15.2. The molecule has 0 aliphatic heterocycles. The minimum atomic E-state index is -0.480. The molecule has 1 amide bonds. The molecule has 2 aromatic rings. The van der Waals surface area contributed by atoms with Gasteiger partial charge in [-0.3, -0.25) is 14.2 Å². The molecule has 1 fully saturated rings. The van der Waals surface area contributed by atoms with E-state index in [-0.39, 0.29) is 28.7 Å². The van der Waals surface area contributed by atoms with Crippen LogP contribution in [0.15, 0.2) is 28.2 Å². The third kappa shape index (κ3) is 5.34. The van der Waals surface area contributed by atoms with E-state index < -0.39 is 5.97 Å². The molecule has 0 bridgehead atoms. The van der Waals surface area contributed by atoms with Gasteiger partial charge in [0, 0.05) is 19.6 Å². The van der Waals surface area contributed by atoms with Gasteiger partial charge in [0.15, 0.2) is 5.16 Å². The van der Waals surface area contributed by atoms with Gasteiger partial charge in [-0.1, -0.05) is 44.9 Å². The number of aromatic nitrogens is 2. The highest BCUT2D eigenvalue weighted by molar-refractivity contribution is 8.00. The summed E-state index contributed by atoms with van der Waals surface area (Å²) in [4.78, 5) is 44.9. The van der Waals surface area contributed by atoms with Crippen LogP contribution < -0.4 is 5.56 Å². The largest absolute Gasteiger partial charge is 0.465 e. The molecule has 1 aliphatic rings. The zero-order valence-corrected chi connectivity index (χ0v) is 20.4. The van der Waals surface area contributed by atoms with Crippen molar-refractivity contribution in [1.82, 2.24) is 14.5 Å². The van der Waals surface area contributed by atoms with Crippen molar-refractivity contribution in [2.24, 2.45) is 5.92 Å². The Kier molecular flexibility index (Phi) is 7.98. The third-order valence-corrected chi connectivity index (χ3v) is 7.07. The van der Waals surface area contributed by atoms with Crippen LogP contribution in [0.25, 0.3) is 10.9 Å². The SMILES string of the molecule is COC(=O)c1ccc2c(=O)n(CC(C)C)c(SC(C)C(=O)N(C)C3CCCCC3)nc2c1. The fourth-order valence-electron chi connectivity index (χ4n) is 4.21. The van der Waals surface area contributed by atoms with Gasteiger partial charge in [0.05, 0.1) is 28.8 Å². The molecule has 3 rings (SSSR count). The van der Waals surface area contributed by atoms with Crippen LogP contribution in [0.1, 0.15) is 63.2 Å². The van der Waals surface area contributed by atoms with Gasteiger partial charge in [-0.25, -0.2) is 9.78 Å². The number of thioether (sulfide) groups is 1. The van der Waals surface area contributed by atoms with E-state index in [4.69, 9.17) is 9.72 Å². The summed E-state index contributed by atoms with van der Waals surface area (Å²) in [7, 11) is 3.20. The van der Waals surface area contributed by atoms with Crippen molar-refractivity contribution in [2.75, 3.05) is 14.2 Å². The number of carbonyl (C=O) groups excluding carboxylic acids is 2. The lowest BCUT2D eigenvalue weighted by Crippen LogP contribution is -2.42. The van der Waals surface area contributed by atoms with Crippen LogP contribution in [0.4, 0.5) is 0 Å². The molecule has 1 aliphatic carbocycles. The van der Waals surface area contributed by atoms with E-state index in [1.54, 1.807) is 22.8 Å². The fraction of sp³-hybridized carbons (Fsp3) is 0.583. The second kappa shape index (κ2) is 10.5. The van der Waals surface area contributed by atoms with Crippen LogP contribution in [0.2, 0.25) is 0 Å². The molecule has 0 N–H and O–H groups in total. The number of hydrogen-bond acceptors (Lipinski definition) is 6. The van der Waals surface area contributed by atoms with Crippen molar-refractivity contribution in [3.63, 3.8) is 0 Å². The van der Waals surface area contributed by atoms with Gasteiger partial charge in [-0.05, 0) is 43.9 Å². The number of fused-ring (bicyclic) bond motifs is 1. The Morgan fingerprint density at radius 3 is 2.53 bits per heavy atom. The summed E-state index contributed by atoms with van der Waals surface area (Å²) in [5.41, 5.74) is 0.606. The van der Waals surface area contributed by atoms with Gasteiger partial charge < -0.3 is 9.64 Å². The molecule has 1 saturated carbocycles. The number of methoxy groups -OCH3 is 1. The Morgan fingerprint density at radius 2 is 1.91 bits per heavy atom. The van der Waals surface area contributed by atoms with Crippen LogP contribution in [0.5, 0.6) is 0 Å². The zero-order valence-electron chi connectivity index (χ0n) is 19.6. The number of ether oxygens (including phenoxy) is 1. The monoisotopic (exact) mass is 459 g/mol. The van der Waals surface area contributed by atoms with Gasteiger partial charge >= 0.3 is 5.97 Å². The highest BCUT2D eigenvalue weighted by Gasteiger charge is 2.27. The van der Waals surface area contributed by atoms with Gasteiger partial charge in [-0.15, -0.1) is 0 Å². The van der Waals surface area contributed by atoms with E-state index in [2.05, 4.69) is 0 Å². The van der Waals surface area contributed by atoms with E-state index in [1.165, 1.54) is 25.3 Å². The summed E-state index contributed by atoms with van der Waals surface area (Å²) in [5.74, 6) is -0.195. The van der Waals surface area contributed by atoms with Crippen molar-refractivity contribution < 1.29 is 14.3 Å². The molecular formula is C24H33N3O4S. The van der Waals surface area contributed by atoms with Crippen LogP contribution in [-0.4, -0.2) is 51.8 Å². The van der Waals surface area contributed by atoms with E-state index in [1.807, 2.05) is 32.7 Å². The fourth-order valence-corrected chi connectivity index (χ4v) is 5.22. The summed E-state index contributed by atoms with van der Waals surface area (Å²) >= 11 is 1.31. The molecule has 1 atom stereocenters. The topological polar surface area (TPSA) is 81.5 Å².